The molecule has 26 heavy (non-hydrogen) atoms. The van der Waals surface area contributed by atoms with E-state index in [-0.39, 0.29) is 25.0 Å². The normalized spacial score (nSPS) is 16.0. The molecule has 0 aliphatic carbocycles. The highest BCUT2D eigenvalue weighted by Gasteiger charge is 2.24. The second-order valence-corrected chi connectivity index (χ2v) is 6.15. The first-order valence-corrected chi connectivity index (χ1v) is 8.36. The van der Waals surface area contributed by atoms with Crippen LogP contribution in [0.25, 0.3) is 0 Å². The largest absolute Gasteiger partial charge is 0.482 e. The average Bonchev–Trinajstić information content (AvgIpc) is 3.17. The topological polar surface area (TPSA) is 108 Å². The molecule has 2 heterocycles. The van der Waals surface area contributed by atoms with Gasteiger partial charge in [-0.15, -0.1) is 0 Å². The van der Waals surface area contributed by atoms with Gasteiger partial charge in [0.2, 0.25) is 5.91 Å². The summed E-state index contributed by atoms with van der Waals surface area (Å²) in [5.41, 5.74) is 0.851. The summed E-state index contributed by atoms with van der Waals surface area (Å²) in [7, 11) is 1.60. The molecule has 0 spiro atoms. The second-order valence-electron chi connectivity index (χ2n) is 6.15. The van der Waals surface area contributed by atoms with Crippen molar-refractivity contribution in [2.24, 2.45) is 0 Å². The monoisotopic (exact) mass is 360 g/mol. The Morgan fingerprint density at radius 1 is 1.15 bits per heavy atom. The maximum absolute atomic E-state index is 12.0. The van der Waals surface area contributed by atoms with Crippen molar-refractivity contribution in [1.29, 1.82) is 0 Å². The summed E-state index contributed by atoms with van der Waals surface area (Å²) in [5.74, 6) is -1.67. The van der Waals surface area contributed by atoms with Crippen molar-refractivity contribution in [2.75, 3.05) is 43.5 Å². The summed E-state index contributed by atoms with van der Waals surface area (Å²) in [6, 6.07) is 4.73. The smallest absolute Gasteiger partial charge is 0.313 e. The summed E-state index contributed by atoms with van der Waals surface area (Å²) >= 11 is 0. The minimum Gasteiger partial charge on any atom is -0.482 e. The molecule has 4 amide bonds. The summed E-state index contributed by atoms with van der Waals surface area (Å²) < 4.78 is 5.30. The van der Waals surface area contributed by atoms with E-state index in [1.165, 1.54) is 4.90 Å². The van der Waals surface area contributed by atoms with Gasteiger partial charge in [-0.25, -0.2) is 0 Å². The van der Waals surface area contributed by atoms with Crippen LogP contribution >= 0.6 is 0 Å². The lowest BCUT2D eigenvalue weighted by Gasteiger charge is -2.26. The number of amides is 4. The maximum Gasteiger partial charge on any atom is 0.313 e. The number of carbonyl (C=O) groups is 4. The van der Waals surface area contributed by atoms with Crippen molar-refractivity contribution in [3.63, 3.8) is 0 Å². The first-order valence-electron chi connectivity index (χ1n) is 8.36. The van der Waals surface area contributed by atoms with Gasteiger partial charge in [-0.1, -0.05) is 0 Å². The Kier molecular flexibility index (Phi) is 5.06. The minimum absolute atomic E-state index is 0.0390. The number of carbonyl (C=O) groups excluding carboxylic acids is 4. The zero-order valence-electron chi connectivity index (χ0n) is 14.4. The molecule has 1 aromatic rings. The summed E-state index contributed by atoms with van der Waals surface area (Å²) in [4.78, 5) is 50.5. The zero-order chi connectivity index (χ0) is 18.7. The molecular formula is C17H20N4O5. The molecule has 138 valence electrons. The summed E-state index contributed by atoms with van der Waals surface area (Å²) in [5, 5.41) is 4.78. The Hall–Kier alpha value is -3.10. The van der Waals surface area contributed by atoms with Gasteiger partial charge in [0.25, 0.3) is 5.91 Å². The van der Waals surface area contributed by atoms with Crippen molar-refractivity contribution in [3.8, 4) is 5.75 Å². The van der Waals surface area contributed by atoms with Crippen molar-refractivity contribution in [3.05, 3.63) is 18.2 Å². The van der Waals surface area contributed by atoms with Crippen molar-refractivity contribution >= 4 is 35.0 Å². The molecule has 0 bridgehead atoms. The number of ether oxygens (including phenoxy) is 1. The number of nitrogens with one attached hydrogen (secondary N) is 2. The van der Waals surface area contributed by atoms with E-state index in [1.54, 1.807) is 30.1 Å². The molecule has 1 saturated heterocycles. The lowest BCUT2D eigenvalue weighted by Crippen LogP contribution is -2.42. The van der Waals surface area contributed by atoms with Crippen molar-refractivity contribution in [1.82, 2.24) is 10.2 Å². The SMILES string of the molecule is CN1C(=O)COc2ccc(NC(=O)C(=O)NCC(=O)N3CCCC3)cc21. The quantitative estimate of drug-likeness (QED) is 0.721. The highest BCUT2D eigenvalue weighted by molar-refractivity contribution is 6.39. The number of rotatable bonds is 3. The van der Waals surface area contributed by atoms with Gasteiger partial charge in [-0.3, -0.25) is 19.2 Å². The highest BCUT2D eigenvalue weighted by Crippen LogP contribution is 2.33. The van der Waals surface area contributed by atoms with Crippen LogP contribution in [0.4, 0.5) is 11.4 Å². The van der Waals surface area contributed by atoms with Gasteiger partial charge in [-0.2, -0.15) is 0 Å². The van der Waals surface area contributed by atoms with Crippen LogP contribution in [0, 0.1) is 0 Å². The fraction of sp³-hybridized carbons (Fsp3) is 0.412. The Balaban J connectivity index is 1.56. The Morgan fingerprint density at radius 3 is 2.62 bits per heavy atom. The van der Waals surface area contributed by atoms with Gasteiger partial charge in [0, 0.05) is 25.8 Å². The fourth-order valence-electron chi connectivity index (χ4n) is 2.85. The van der Waals surface area contributed by atoms with Crippen LogP contribution < -0.4 is 20.3 Å². The van der Waals surface area contributed by atoms with Crippen LogP contribution in [0.15, 0.2) is 18.2 Å². The number of hydrogen-bond donors (Lipinski definition) is 2. The molecule has 0 saturated carbocycles. The van der Waals surface area contributed by atoms with E-state index in [4.69, 9.17) is 4.74 Å². The number of fused-ring (bicyclic) bond motifs is 1. The van der Waals surface area contributed by atoms with E-state index >= 15 is 0 Å². The van der Waals surface area contributed by atoms with E-state index < -0.39 is 11.8 Å². The Bertz CT molecular complexity index is 758. The lowest BCUT2D eigenvalue weighted by atomic mass is 10.2. The molecule has 0 aromatic heterocycles. The first kappa shape index (κ1) is 17.7. The standard InChI is InChI=1S/C17H20N4O5/c1-20-12-8-11(4-5-13(12)26-10-15(20)23)19-17(25)16(24)18-9-14(22)21-6-2-3-7-21/h4-5,8H,2-3,6-7,9-10H2,1H3,(H,18,24)(H,19,25). The van der Waals surface area contributed by atoms with Crippen LogP contribution in [0.1, 0.15) is 12.8 Å². The predicted molar refractivity (Wildman–Crippen MR) is 92.8 cm³/mol. The highest BCUT2D eigenvalue weighted by atomic mass is 16.5. The second kappa shape index (κ2) is 7.42. The molecule has 2 aliphatic rings. The Morgan fingerprint density at radius 2 is 1.88 bits per heavy atom. The lowest BCUT2D eigenvalue weighted by molar-refractivity contribution is -0.138. The number of likely N-dealkylation sites (tertiary alicyclic amines) is 1. The van der Waals surface area contributed by atoms with Crippen LogP contribution in [0.3, 0.4) is 0 Å². The number of benzene rings is 1. The van der Waals surface area contributed by atoms with Gasteiger partial charge >= 0.3 is 11.8 Å². The first-order chi connectivity index (χ1) is 12.5. The summed E-state index contributed by atoms with van der Waals surface area (Å²) in [6.45, 7) is 1.12. The molecule has 2 aliphatic heterocycles. The predicted octanol–water partition coefficient (Wildman–Crippen LogP) is -0.281. The number of nitrogens with zero attached hydrogens (tertiary/aromatic N) is 2. The van der Waals surface area contributed by atoms with E-state index in [0.29, 0.717) is 30.2 Å². The average molecular weight is 360 g/mol. The third-order valence-electron chi connectivity index (χ3n) is 4.37. The van der Waals surface area contributed by atoms with Gasteiger partial charge in [-0.05, 0) is 31.0 Å². The molecule has 0 unspecified atom stereocenters. The van der Waals surface area contributed by atoms with Crippen LogP contribution in [-0.4, -0.2) is 61.8 Å². The molecule has 1 fully saturated rings. The third-order valence-corrected chi connectivity index (χ3v) is 4.37. The molecule has 1 aromatic carbocycles. The summed E-state index contributed by atoms with van der Waals surface area (Å²) in [6.07, 6.45) is 1.92. The van der Waals surface area contributed by atoms with E-state index in [2.05, 4.69) is 10.6 Å². The zero-order valence-corrected chi connectivity index (χ0v) is 14.4. The van der Waals surface area contributed by atoms with Gasteiger partial charge < -0.3 is 25.2 Å². The van der Waals surface area contributed by atoms with E-state index in [1.807, 2.05) is 0 Å². The fourth-order valence-corrected chi connectivity index (χ4v) is 2.85. The van der Waals surface area contributed by atoms with E-state index in [9.17, 15) is 19.2 Å². The molecule has 9 heteroatoms. The van der Waals surface area contributed by atoms with Crippen LogP contribution in [0.2, 0.25) is 0 Å². The van der Waals surface area contributed by atoms with Gasteiger partial charge in [0.1, 0.15) is 5.75 Å². The maximum atomic E-state index is 12.0. The van der Waals surface area contributed by atoms with Gasteiger partial charge in [0.15, 0.2) is 6.61 Å². The van der Waals surface area contributed by atoms with Gasteiger partial charge in [0.05, 0.1) is 12.2 Å². The minimum atomic E-state index is -0.893. The number of anilines is 2. The molecule has 9 nitrogen and oxygen atoms in total. The molecule has 0 atom stereocenters. The molecule has 3 rings (SSSR count). The Labute approximate surface area is 150 Å². The third kappa shape index (κ3) is 3.76. The van der Waals surface area contributed by atoms with Crippen molar-refractivity contribution < 1.29 is 23.9 Å². The number of hydrogen-bond acceptors (Lipinski definition) is 5. The number of likely N-dealkylation sites (N-methyl/N-ethyl adjacent to an activating group) is 1. The molecular weight excluding hydrogens is 340 g/mol. The van der Waals surface area contributed by atoms with Crippen molar-refractivity contribution in [2.45, 2.75) is 12.8 Å². The van der Waals surface area contributed by atoms with E-state index in [0.717, 1.165) is 12.8 Å². The molecule has 2 N–H and O–H groups in total. The van der Waals surface area contributed by atoms with Crippen LogP contribution in [-0.2, 0) is 19.2 Å². The van der Waals surface area contributed by atoms with Crippen LogP contribution in [0.5, 0.6) is 5.75 Å². The molecule has 0 radical (unpaired) electrons.